The first-order valence-corrected chi connectivity index (χ1v) is 24.8. The van der Waals surface area contributed by atoms with E-state index in [4.69, 9.17) is 26.5 Å². The summed E-state index contributed by atoms with van der Waals surface area (Å²) < 4.78 is 35.4. The number of phenols is 2. The van der Waals surface area contributed by atoms with Gasteiger partial charge in [-0.3, -0.25) is 19.3 Å². The van der Waals surface area contributed by atoms with E-state index < -0.39 is 17.8 Å². The van der Waals surface area contributed by atoms with Crippen molar-refractivity contribution in [2.24, 2.45) is 16.8 Å². The number of nitrogens with zero attached hydrogens (tertiary/aromatic N) is 8. The van der Waals surface area contributed by atoms with Crippen LogP contribution in [0.4, 0.5) is 13.2 Å². The third kappa shape index (κ3) is 11.2. The minimum atomic E-state index is -5.08. The van der Waals surface area contributed by atoms with Crippen molar-refractivity contribution in [2.45, 2.75) is 85.0 Å². The molecule has 6 aromatic rings. The number of carboxylic acid groups (broad SMARTS) is 1. The predicted octanol–water partition coefficient (Wildman–Crippen LogP) is 8.08. The summed E-state index contributed by atoms with van der Waals surface area (Å²) in [6, 6.07) is 18.5. The van der Waals surface area contributed by atoms with E-state index in [1.54, 1.807) is 17.4 Å². The van der Waals surface area contributed by atoms with Crippen LogP contribution in [0.1, 0.15) is 89.4 Å². The zero-order valence-electron chi connectivity index (χ0n) is 39.8. The number of amides is 1. The van der Waals surface area contributed by atoms with Crippen molar-refractivity contribution in [1.29, 1.82) is 0 Å². The standard InChI is InChI=1S/C48H55ClN10O4S.C2HF3O2/c1-5-33-24-38(41(61)25-40(33)60)44-53-55-48(63)59(44)37-12-6-32(7-13-37)27-56-20-17-35(18-21-56)46(62)57-22-15-31(16-23-57)26-50-19-14-39-45-54-52-30(4)58(45)47-42(28(2)29(3)64-47)43(51-39)34-8-10-36(49)11-9-34;3-2(4,5)1(6)7/h6-13,24-25,31,35,39,50,60-61H,5,14-23,26-27H2,1-4H3,(H,55,63);(H,6,7)/t39-;/m0./s1. The van der Waals surface area contributed by atoms with Gasteiger partial charge in [0.1, 0.15) is 28.4 Å². The number of thiophene rings is 1. The van der Waals surface area contributed by atoms with Crippen molar-refractivity contribution < 1.29 is 38.1 Å². The number of phenolic OH excluding ortho intramolecular Hbond substituents is 2. The first kappa shape index (κ1) is 51.0. The topological polar surface area (TPSA) is 207 Å². The number of hydrogen-bond donors (Lipinski definition) is 5. The molecule has 376 valence electrons. The highest BCUT2D eigenvalue weighted by atomic mass is 35.5. The van der Waals surface area contributed by atoms with Crippen LogP contribution in [0, 0.1) is 32.6 Å². The predicted molar refractivity (Wildman–Crippen MR) is 264 cm³/mol. The maximum Gasteiger partial charge on any atom is 0.490 e. The summed E-state index contributed by atoms with van der Waals surface area (Å²) >= 11 is 8.06. The number of benzene rings is 3. The number of carbonyl (C=O) groups excluding carboxylic acids is 1. The summed E-state index contributed by atoms with van der Waals surface area (Å²) in [5, 5.41) is 49.3. The van der Waals surface area contributed by atoms with Crippen molar-refractivity contribution in [3.05, 3.63) is 121 Å². The van der Waals surface area contributed by atoms with Crippen molar-refractivity contribution in [3.63, 3.8) is 0 Å². The molecule has 1 atom stereocenters. The number of likely N-dealkylation sites (tertiary alicyclic amines) is 2. The molecule has 2 fully saturated rings. The number of aliphatic carboxylic acids is 1. The Morgan fingerprint density at radius 3 is 2.24 bits per heavy atom. The number of fused-ring (bicyclic) bond motifs is 3. The Balaban J connectivity index is 0.000000900. The van der Waals surface area contributed by atoms with Crippen LogP contribution in [0.15, 0.2) is 70.5 Å². The Bertz CT molecular complexity index is 2970. The second kappa shape index (κ2) is 21.6. The highest BCUT2D eigenvalue weighted by molar-refractivity contribution is 7.15. The van der Waals surface area contributed by atoms with Crippen LogP contribution in [-0.4, -0.2) is 118 Å². The maximum absolute atomic E-state index is 13.7. The summed E-state index contributed by atoms with van der Waals surface area (Å²) in [5.74, 6) is -0.0594. The zero-order valence-corrected chi connectivity index (χ0v) is 41.3. The monoisotopic (exact) mass is 1020 g/mol. The second-order valence-electron chi connectivity index (χ2n) is 18.2. The summed E-state index contributed by atoms with van der Waals surface area (Å²) in [6.07, 6.45) is -0.0835. The molecule has 0 aliphatic carbocycles. The molecule has 0 bridgehead atoms. The molecular formula is C50H56ClF3N10O6S. The van der Waals surface area contributed by atoms with Gasteiger partial charge >= 0.3 is 17.8 Å². The van der Waals surface area contributed by atoms with Gasteiger partial charge in [-0.25, -0.2) is 19.3 Å². The van der Waals surface area contributed by atoms with Gasteiger partial charge in [0.05, 0.1) is 17.0 Å². The highest BCUT2D eigenvalue weighted by Crippen LogP contribution is 2.40. The Hall–Kier alpha value is -6.35. The summed E-state index contributed by atoms with van der Waals surface area (Å²) in [6.45, 7) is 14.0. The Labute approximate surface area is 416 Å². The van der Waals surface area contributed by atoms with Crippen molar-refractivity contribution in [3.8, 4) is 33.6 Å². The van der Waals surface area contributed by atoms with Crippen LogP contribution >= 0.6 is 22.9 Å². The minimum absolute atomic E-state index is 0.000528. The van der Waals surface area contributed by atoms with Crippen molar-refractivity contribution in [1.82, 2.24) is 44.6 Å². The summed E-state index contributed by atoms with van der Waals surface area (Å²) in [4.78, 5) is 46.6. The molecule has 6 heterocycles. The SMILES string of the molecule is CCc1cc(-c2n[nH]c(=O)n2-c2ccc(CN3CCC(C(=O)N4CCC(CNCC[C@@H]5N=C(c6ccc(Cl)cc6)c6c(sc(C)c6C)-n6c(C)nnc65)CC4)CC3)cc2)c(O)cc1O.O=C(O)C(F)(F)F. The van der Waals surface area contributed by atoms with E-state index in [1.807, 2.05) is 50.2 Å². The number of rotatable bonds is 12. The third-order valence-corrected chi connectivity index (χ3v) is 15.0. The van der Waals surface area contributed by atoms with Crippen LogP contribution in [0.25, 0.3) is 22.1 Å². The normalized spacial score (nSPS) is 16.7. The van der Waals surface area contributed by atoms with E-state index in [2.05, 4.69) is 66.1 Å². The number of alkyl halides is 3. The van der Waals surface area contributed by atoms with Gasteiger partial charge in [0.25, 0.3) is 0 Å². The van der Waals surface area contributed by atoms with Crippen LogP contribution in [0.3, 0.4) is 0 Å². The molecule has 3 aliphatic heterocycles. The molecule has 0 saturated carbocycles. The molecule has 5 N–H and O–H groups in total. The van der Waals surface area contributed by atoms with Crippen LogP contribution in [-0.2, 0) is 22.6 Å². The number of H-pyrrole nitrogens is 1. The zero-order chi connectivity index (χ0) is 50.7. The molecule has 3 aromatic heterocycles. The molecular weight excluding hydrogens is 961 g/mol. The first-order chi connectivity index (χ1) is 33.9. The number of piperidine rings is 2. The molecule has 3 aromatic carbocycles. The third-order valence-electron chi connectivity index (χ3n) is 13.6. The van der Waals surface area contributed by atoms with Crippen LogP contribution < -0.4 is 11.0 Å². The van der Waals surface area contributed by atoms with E-state index in [-0.39, 0.29) is 29.3 Å². The van der Waals surface area contributed by atoms with E-state index in [0.29, 0.717) is 40.1 Å². The number of aromatic nitrogens is 6. The van der Waals surface area contributed by atoms with Crippen molar-refractivity contribution >= 4 is 40.5 Å². The average molecular weight is 1020 g/mol. The number of aromatic amines is 1. The van der Waals surface area contributed by atoms with E-state index in [0.717, 1.165) is 117 Å². The molecule has 9 rings (SSSR count). The van der Waals surface area contributed by atoms with Gasteiger partial charge in [-0.1, -0.05) is 42.8 Å². The number of carboxylic acids is 1. The molecule has 3 aliphatic rings. The molecule has 1 amide bonds. The Morgan fingerprint density at radius 1 is 0.915 bits per heavy atom. The van der Waals surface area contributed by atoms with Gasteiger partial charge in [0.2, 0.25) is 5.91 Å². The van der Waals surface area contributed by atoms with Crippen LogP contribution in [0.2, 0.25) is 5.02 Å². The molecule has 0 spiro atoms. The lowest BCUT2D eigenvalue weighted by atomic mass is 9.92. The maximum atomic E-state index is 13.7. The molecule has 71 heavy (non-hydrogen) atoms. The first-order valence-electron chi connectivity index (χ1n) is 23.6. The fourth-order valence-electron chi connectivity index (χ4n) is 9.50. The van der Waals surface area contributed by atoms with Gasteiger partial charge in [0.15, 0.2) is 11.6 Å². The number of nitrogens with one attached hydrogen (secondary N) is 2. The minimum Gasteiger partial charge on any atom is -0.508 e. The Kier molecular flexibility index (Phi) is 15.5. The van der Waals surface area contributed by atoms with E-state index >= 15 is 0 Å². The van der Waals surface area contributed by atoms with Gasteiger partial charge in [-0.2, -0.15) is 18.3 Å². The number of halogens is 4. The highest BCUT2D eigenvalue weighted by Gasteiger charge is 2.38. The fourth-order valence-corrected chi connectivity index (χ4v) is 10.8. The molecule has 16 nitrogen and oxygen atoms in total. The van der Waals surface area contributed by atoms with Crippen LogP contribution in [0.5, 0.6) is 11.5 Å². The summed E-state index contributed by atoms with van der Waals surface area (Å²) in [7, 11) is 0. The molecule has 0 radical (unpaired) electrons. The number of carbonyl (C=O) groups is 2. The van der Waals surface area contributed by atoms with Gasteiger partial charge in [-0.15, -0.1) is 21.5 Å². The Morgan fingerprint density at radius 2 is 1.59 bits per heavy atom. The lowest BCUT2D eigenvalue weighted by Gasteiger charge is -2.37. The van der Waals surface area contributed by atoms with E-state index in [1.165, 1.54) is 21.1 Å². The average Bonchev–Trinajstić information content (AvgIpc) is 3.99. The van der Waals surface area contributed by atoms with Gasteiger partial charge in [-0.05, 0) is 138 Å². The summed E-state index contributed by atoms with van der Waals surface area (Å²) in [5.41, 5.74) is 6.68. The number of aliphatic imine (C=N–C) groups is 1. The molecule has 2 saturated heterocycles. The van der Waals surface area contributed by atoms with E-state index in [9.17, 15) is 33.0 Å². The number of hydrogen-bond acceptors (Lipinski definition) is 12. The van der Waals surface area contributed by atoms with Gasteiger partial charge in [0, 0.05) is 52.6 Å². The quantitative estimate of drug-likeness (QED) is 0.0741. The lowest BCUT2D eigenvalue weighted by molar-refractivity contribution is -0.192. The fraction of sp³-hybridized carbons (Fsp3) is 0.420. The lowest BCUT2D eigenvalue weighted by Crippen LogP contribution is -2.46. The molecule has 0 unspecified atom stereocenters. The van der Waals surface area contributed by atoms with Crippen molar-refractivity contribution in [2.75, 3.05) is 39.3 Å². The smallest absolute Gasteiger partial charge is 0.490 e. The molecule has 21 heteroatoms. The largest absolute Gasteiger partial charge is 0.508 e. The number of aromatic hydroxyl groups is 2. The number of aryl methyl sites for hydroxylation is 3. The van der Waals surface area contributed by atoms with Gasteiger partial charge < -0.3 is 25.5 Å². The second-order valence-corrected chi connectivity index (χ2v) is 19.9.